The van der Waals surface area contributed by atoms with Crippen molar-refractivity contribution in [1.82, 2.24) is 19.8 Å². The van der Waals surface area contributed by atoms with Crippen LogP contribution in [0.2, 0.25) is 0 Å². The van der Waals surface area contributed by atoms with Gasteiger partial charge >= 0.3 is 12.1 Å². The number of likely N-dealkylation sites (tertiary alicyclic amines) is 1. The molecule has 10 heteroatoms. The second kappa shape index (κ2) is 13.3. The lowest BCUT2D eigenvalue weighted by atomic mass is 10.0. The Bertz CT molecular complexity index is 1740. The van der Waals surface area contributed by atoms with Gasteiger partial charge < -0.3 is 34.2 Å². The lowest BCUT2D eigenvalue weighted by molar-refractivity contribution is 0.114. The van der Waals surface area contributed by atoms with Crippen LogP contribution < -0.4 is 19.3 Å². The molecule has 0 spiro atoms. The first kappa shape index (κ1) is 31.1. The Kier molecular flexibility index (Phi) is 8.77. The standard InChI is InChI=1S/C37H44N6O4/c1-25-21-43(37(44)45)26(2)20-42(25)35-32-15-17-41(22-33(32)38-36(39-35)47-24-29-13-9-16-40(29)3)34-19-30(18-28-12-7-8-14-31(28)34)46-23-27-10-5-4-6-11-27/h4-8,10-12,14,18-19,25-26,29H,9,13,15-17,20-24H2,1-3H3,(H,44,45)/t25-,26+,29-/m0/s1. The molecule has 4 heterocycles. The van der Waals surface area contributed by atoms with Crippen LogP contribution in [0.15, 0.2) is 66.7 Å². The van der Waals surface area contributed by atoms with Crippen molar-refractivity contribution in [2.24, 2.45) is 0 Å². The Hall–Kier alpha value is -4.57. The summed E-state index contributed by atoms with van der Waals surface area (Å²) in [6, 6.07) is 23.5. The molecule has 1 N–H and O–H groups in total. The molecule has 0 radical (unpaired) electrons. The molecule has 3 atom stereocenters. The first-order valence-corrected chi connectivity index (χ1v) is 16.8. The van der Waals surface area contributed by atoms with Crippen LogP contribution in [0.5, 0.6) is 11.8 Å². The van der Waals surface area contributed by atoms with E-state index in [4.69, 9.17) is 19.4 Å². The number of piperazine rings is 1. The Morgan fingerprint density at radius 2 is 1.77 bits per heavy atom. The maximum Gasteiger partial charge on any atom is 0.407 e. The molecule has 0 unspecified atom stereocenters. The highest BCUT2D eigenvalue weighted by molar-refractivity contribution is 5.95. The van der Waals surface area contributed by atoms with Gasteiger partial charge in [0.05, 0.1) is 12.2 Å². The van der Waals surface area contributed by atoms with Crippen LogP contribution in [0.3, 0.4) is 0 Å². The lowest BCUT2D eigenvalue weighted by Gasteiger charge is -2.44. The Balaban J connectivity index is 1.21. The minimum Gasteiger partial charge on any atom is -0.489 e. The van der Waals surface area contributed by atoms with Crippen LogP contribution in [-0.4, -0.2) is 88.9 Å². The monoisotopic (exact) mass is 636 g/mol. The summed E-state index contributed by atoms with van der Waals surface area (Å²) in [6.45, 7) is 8.55. The summed E-state index contributed by atoms with van der Waals surface area (Å²) in [4.78, 5) is 30.5. The van der Waals surface area contributed by atoms with Gasteiger partial charge in [0.1, 0.15) is 24.8 Å². The predicted molar refractivity (Wildman–Crippen MR) is 184 cm³/mol. The highest BCUT2D eigenvalue weighted by Crippen LogP contribution is 2.38. The number of likely N-dealkylation sites (N-methyl/N-ethyl adjacent to an activating group) is 1. The van der Waals surface area contributed by atoms with Crippen molar-refractivity contribution >= 4 is 28.4 Å². The Labute approximate surface area is 276 Å². The van der Waals surface area contributed by atoms with E-state index in [1.54, 1.807) is 0 Å². The molecule has 3 aliphatic rings. The van der Waals surface area contributed by atoms with Crippen molar-refractivity contribution in [1.29, 1.82) is 0 Å². The summed E-state index contributed by atoms with van der Waals surface area (Å²) in [7, 11) is 2.14. The zero-order valence-electron chi connectivity index (χ0n) is 27.5. The van der Waals surface area contributed by atoms with Crippen LogP contribution in [-0.2, 0) is 19.6 Å². The normalized spacial score (nSPS) is 21.6. The van der Waals surface area contributed by atoms with Gasteiger partial charge in [-0.05, 0) is 63.7 Å². The van der Waals surface area contributed by atoms with E-state index in [2.05, 4.69) is 77.2 Å². The lowest BCUT2D eigenvalue weighted by Crippen LogP contribution is -2.58. The maximum atomic E-state index is 11.9. The summed E-state index contributed by atoms with van der Waals surface area (Å²) >= 11 is 0. The summed E-state index contributed by atoms with van der Waals surface area (Å²) < 4.78 is 12.7. The average molecular weight is 637 g/mol. The number of carboxylic acid groups (broad SMARTS) is 1. The molecule has 0 saturated carbocycles. The molecule has 246 valence electrons. The number of aromatic nitrogens is 2. The molecule has 0 aliphatic carbocycles. The van der Waals surface area contributed by atoms with E-state index < -0.39 is 6.09 Å². The van der Waals surface area contributed by atoms with Gasteiger partial charge in [-0.3, -0.25) is 0 Å². The summed E-state index contributed by atoms with van der Waals surface area (Å²) in [5, 5.41) is 12.1. The number of nitrogens with zero attached hydrogens (tertiary/aromatic N) is 6. The van der Waals surface area contributed by atoms with Gasteiger partial charge in [0.15, 0.2) is 0 Å². The molecule has 0 bridgehead atoms. The quantitative estimate of drug-likeness (QED) is 0.257. The van der Waals surface area contributed by atoms with Gasteiger partial charge in [-0.2, -0.15) is 9.97 Å². The van der Waals surface area contributed by atoms with E-state index in [9.17, 15) is 9.90 Å². The fourth-order valence-electron chi connectivity index (χ4n) is 7.29. The molecule has 2 fully saturated rings. The second-order valence-electron chi connectivity index (χ2n) is 13.2. The van der Waals surface area contributed by atoms with E-state index in [0.29, 0.717) is 44.9 Å². The number of fused-ring (bicyclic) bond motifs is 2. The fraction of sp³-hybridized carbons (Fsp3) is 0.432. The SMILES string of the molecule is C[C@@H]1CN(c2nc(OC[C@@H]3CCCN3C)nc3c2CCN(c2cc(OCc4ccccc4)cc4ccccc24)C3)[C@@H](C)CN1C(=O)O. The molecule has 3 aromatic carbocycles. The number of ether oxygens (including phenoxy) is 2. The predicted octanol–water partition coefficient (Wildman–Crippen LogP) is 5.82. The summed E-state index contributed by atoms with van der Waals surface area (Å²) in [6.07, 6.45) is 2.15. The van der Waals surface area contributed by atoms with Crippen molar-refractivity contribution in [2.75, 3.05) is 49.6 Å². The van der Waals surface area contributed by atoms with Crippen molar-refractivity contribution in [3.63, 3.8) is 0 Å². The molecule has 3 aliphatic heterocycles. The van der Waals surface area contributed by atoms with Crippen LogP contribution in [0, 0.1) is 0 Å². The Morgan fingerprint density at radius 3 is 2.55 bits per heavy atom. The Morgan fingerprint density at radius 1 is 0.957 bits per heavy atom. The number of anilines is 2. The van der Waals surface area contributed by atoms with Gasteiger partial charge in [0.2, 0.25) is 0 Å². The second-order valence-corrected chi connectivity index (χ2v) is 13.2. The fourth-order valence-corrected chi connectivity index (χ4v) is 7.29. The summed E-state index contributed by atoms with van der Waals surface area (Å²) in [5.74, 6) is 1.71. The minimum absolute atomic E-state index is 0.0319. The van der Waals surface area contributed by atoms with Crippen LogP contribution in [0.25, 0.3) is 10.8 Å². The zero-order chi connectivity index (χ0) is 32.5. The van der Waals surface area contributed by atoms with E-state index in [-0.39, 0.29) is 12.1 Å². The summed E-state index contributed by atoms with van der Waals surface area (Å²) in [5.41, 5.74) is 4.32. The largest absolute Gasteiger partial charge is 0.489 e. The molecular weight excluding hydrogens is 592 g/mol. The van der Waals surface area contributed by atoms with Crippen LogP contribution >= 0.6 is 0 Å². The molecule has 1 aromatic heterocycles. The molecule has 10 nitrogen and oxygen atoms in total. The van der Waals surface area contributed by atoms with Crippen molar-refractivity contribution < 1.29 is 19.4 Å². The molecule has 47 heavy (non-hydrogen) atoms. The van der Waals surface area contributed by atoms with Crippen LogP contribution in [0.1, 0.15) is 43.5 Å². The van der Waals surface area contributed by atoms with E-state index in [0.717, 1.165) is 65.4 Å². The van der Waals surface area contributed by atoms with Gasteiger partial charge in [0, 0.05) is 60.5 Å². The molecular formula is C37H44N6O4. The third-order valence-electron chi connectivity index (χ3n) is 10.0. The number of amides is 1. The number of benzene rings is 3. The molecule has 1 amide bonds. The zero-order valence-corrected chi connectivity index (χ0v) is 27.5. The van der Waals surface area contributed by atoms with Crippen molar-refractivity contribution in [2.45, 2.75) is 64.4 Å². The molecule has 2 saturated heterocycles. The smallest absolute Gasteiger partial charge is 0.407 e. The van der Waals surface area contributed by atoms with Gasteiger partial charge in [-0.25, -0.2) is 4.79 Å². The number of rotatable bonds is 8. The third kappa shape index (κ3) is 6.52. The van der Waals surface area contributed by atoms with E-state index >= 15 is 0 Å². The van der Waals surface area contributed by atoms with Crippen LogP contribution in [0.4, 0.5) is 16.3 Å². The third-order valence-corrected chi connectivity index (χ3v) is 10.0. The maximum absolute atomic E-state index is 11.9. The first-order chi connectivity index (χ1) is 22.8. The minimum atomic E-state index is -0.878. The van der Waals surface area contributed by atoms with Gasteiger partial charge in [-0.1, -0.05) is 54.6 Å². The topological polar surface area (TPSA) is 94.5 Å². The number of hydrogen-bond donors (Lipinski definition) is 1. The van der Waals surface area contributed by atoms with Gasteiger partial charge in [-0.15, -0.1) is 0 Å². The molecule has 7 rings (SSSR count). The van der Waals surface area contributed by atoms with Gasteiger partial charge in [0.25, 0.3) is 0 Å². The highest BCUT2D eigenvalue weighted by Gasteiger charge is 2.36. The average Bonchev–Trinajstić information content (AvgIpc) is 3.50. The highest BCUT2D eigenvalue weighted by atomic mass is 16.5. The van der Waals surface area contributed by atoms with E-state index in [1.165, 1.54) is 16.7 Å². The van der Waals surface area contributed by atoms with Crippen molar-refractivity contribution in [3.8, 4) is 11.8 Å². The number of carbonyl (C=O) groups is 1. The number of hydrogen-bond acceptors (Lipinski definition) is 8. The van der Waals surface area contributed by atoms with E-state index in [1.807, 2.05) is 25.1 Å². The molecule has 4 aromatic rings. The first-order valence-electron chi connectivity index (χ1n) is 16.8. The van der Waals surface area contributed by atoms with Crippen molar-refractivity contribution in [3.05, 3.63) is 83.6 Å².